The third kappa shape index (κ3) is 6.88. The molecule has 0 aliphatic rings. The van der Waals surface area contributed by atoms with E-state index < -0.39 is 0 Å². The smallest absolute Gasteiger partial charge is 0.0462 e. The van der Waals surface area contributed by atoms with Crippen LogP contribution in [0.1, 0.15) is 11.1 Å². The van der Waals surface area contributed by atoms with E-state index in [1.807, 2.05) is 0 Å². The lowest BCUT2D eigenvalue weighted by Crippen LogP contribution is -2.09. The number of hydrogen-bond donors (Lipinski definition) is 0. The summed E-state index contributed by atoms with van der Waals surface area (Å²) in [5.41, 5.74) is 17.9. The minimum absolute atomic E-state index is 1.10. The first-order valence-electron chi connectivity index (χ1n) is 17.6. The Labute approximate surface area is 301 Å². The monoisotopic (exact) mass is 653 g/mol. The second kappa shape index (κ2) is 14.2. The van der Waals surface area contributed by atoms with E-state index in [1.165, 1.54) is 66.8 Å². The molecule has 0 heterocycles. The molecule has 0 N–H and O–H groups in total. The average molecular weight is 654 g/mol. The lowest BCUT2D eigenvalue weighted by molar-refractivity contribution is 1.28. The lowest BCUT2D eigenvalue weighted by Gasteiger charge is -2.26. The Morgan fingerprint density at radius 2 is 0.569 bits per heavy atom. The van der Waals surface area contributed by atoms with Crippen LogP contribution >= 0.6 is 0 Å². The Kier molecular flexibility index (Phi) is 8.85. The van der Waals surface area contributed by atoms with Gasteiger partial charge < -0.3 is 4.90 Å². The zero-order valence-corrected chi connectivity index (χ0v) is 29.0. The third-order valence-electron chi connectivity index (χ3n) is 9.67. The third-order valence-corrected chi connectivity index (χ3v) is 9.67. The molecule has 0 atom stereocenters. The molecule has 0 bridgehead atoms. The van der Waals surface area contributed by atoms with E-state index in [0.29, 0.717) is 0 Å². The van der Waals surface area contributed by atoms with Gasteiger partial charge in [0.25, 0.3) is 0 Å². The van der Waals surface area contributed by atoms with Gasteiger partial charge >= 0.3 is 0 Å². The lowest BCUT2D eigenvalue weighted by atomic mass is 9.90. The van der Waals surface area contributed by atoms with Gasteiger partial charge in [0.2, 0.25) is 0 Å². The van der Waals surface area contributed by atoms with Crippen molar-refractivity contribution in [2.75, 3.05) is 4.90 Å². The number of hydrogen-bond acceptors (Lipinski definition) is 1. The van der Waals surface area contributed by atoms with Crippen LogP contribution in [0.5, 0.6) is 0 Å². The molecular weight excluding hydrogens is 615 g/mol. The fourth-order valence-corrected chi connectivity index (χ4v) is 6.80. The SMILES string of the molecule is Cc1ccc(-c2ccc(-c3ccc(C)cc3)c(-c3ccc(N(c4ccc(-c5ccccc5)cc4)c4ccc(-c5ccccc5)cc4)cc3)c2)cc1. The highest BCUT2D eigenvalue weighted by molar-refractivity contribution is 5.88. The summed E-state index contributed by atoms with van der Waals surface area (Å²) < 4.78 is 0. The van der Waals surface area contributed by atoms with E-state index in [4.69, 9.17) is 0 Å². The summed E-state index contributed by atoms with van der Waals surface area (Å²) in [6, 6.07) is 72.4. The molecule has 0 saturated carbocycles. The number of aryl methyl sites for hydroxylation is 2. The Balaban J connectivity index is 1.20. The first kappa shape index (κ1) is 31.8. The molecule has 8 aromatic carbocycles. The normalized spacial score (nSPS) is 10.9. The summed E-state index contributed by atoms with van der Waals surface area (Å²) in [5.74, 6) is 0. The van der Waals surface area contributed by atoms with Crippen molar-refractivity contribution in [3.63, 3.8) is 0 Å². The molecule has 0 aliphatic heterocycles. The summed E-state index contributed by atoms with van der Waals surface area (Å²) in [4.78, 5) is 2.34. The van der Waals surface area contributed by atoms with Gasteiger partial charge in [0.15, 0.2) is 0 Å². The molecule has 8 rings (SSSR count). The molecule has 0 amide bonds. The molecule has 0 spiro atoms. The maximum Gasteiger partial charge on any atom is 0.0462 e. The zero-order chi connectivity index (χ0) is 34.6. The van der Waals surface area contributed by atoms with Crippen LogP contribution in [-0.2, 0) is 0 Å². The molecule has 1 heteroatoms. The van der Waals surface area contributed by atoms with Crippen LogP contribution in [0.4, 0.5) is 17.1 Å². The number of anilines is 3. The maximum atomic E-state index is 2.34. The molecule has 8 aromatic rings. The Bertz CT molecular complexity index is 2270. The van der Waals surface area contributed by atoms with E-state index >= 15 is 0 Å². The second-order valence-electron chi connectivity index (χ2n) is 13.2. The van der Waals surface area contributed by atoms with Crippen molar-refractivity contribution in [2.24, 2.45) is 0 Å². The van der Waals surface area contributed by atoms with Crippen molar-refractivity contribution >= 4 is 17.1 Å². The number of benzene rings is 8. The molecule has 244 valence electrons. The van der Waals surface area contributed by atoms with Gasteiger partial charge in [-0.1, -0.05) is 169 Å². The second-order valence-corrected chi connectivity index (χ2v) is 13.2. The van der Waals surface area contributed by atoms with Crippen molar-refractivity contribution in [1.29, 1.82) is 0 Å². The Hall–Kier alpha value is -6.44. The highest BCUT2D eigenvalue weighted by atomic mass is 15.1. The van der Waals surface area contributed by atoms with Gasteiger partial charge in [0, 0.05) is 17.1 Å². The van der Waals surface area contributed by atoms with Crippen LogP contribution < -0.4 is 4.90 Å². The first-order chi connectivity index (χ1) is 25.1. The highest BCUT2D eigenvalue weighted by Gasteiger charge is 2.16. The maximum absolute atomic E-state index is 2.34. The van der Waals surface area contributed by atoms with Crippen LogP contribution in [0.15, 0.2) is 200 Å². The van der Waals surface area contributed by atoms with Crippen molar-refractivity contribution in [2.45, 2.75) is 13.8 Å². The summed E-state index contributed by atoms with van der Waals surface area (Å²) in [5, 5.41) is 0. The standard InChI is InChI=1S/C50H39N/c1-36-13-17-42(18-14-36)45-27-34-49(43-19-15-37(2)16-20-43)50(35-45)44-25-32-48(33-26-44)51(46-28-21-40(22-29-46)38-9-5-3-6-10-38)47-30-23-41(24-31-47)39-11-7-4-8-12-39/h3-35H,1-2H3. The highest BCUT2D eigenvalue weighted by Crippen LogP contribution is 2.40. The molecule has 0 saturated heterocycles. The van der Waals surface area contributed by atoms with Crippen LogP contribution in [0.25, 0.3) is 55.6 Å². The molecule has 1 nitrogen and oxygen atoms in total. The van der Waals surface area contributed by atoms with Crippen LogP contribution in [0, 0.1) is 13.8 Å². The van der Waals surface area contributed by atoms with E-state index in [1.54, 1.807) is 0 Å². The number of nitrogens with zero attached hydrogens (tertiary/aromatic N) is 1. The molecule has 0 fully saturated rings. The Morgan fingerprint density at radius 3 is 1.02 bits per heavy atom. The first-order valence-corrected chi connectivity index (χ1v) is 17.6. The van der Waals surface area contributed by atoms with Gasteiger partial charge in [-0.15, -0.1) is 0 Å². The summed E-state index contributed by atoms with van der Waals surface area (Å²) in [6.45, 7) is 4.27. The molecule has 0 unspecified atom stereocenters. The average Bonchev–Trinajstić information content (AvgIpc) is 3.20. The van der Waals surface area contributed by atoms with E-state index in [-0.39, 0.29) is 0 Å². The summed E-state index contributed by atoms with van der Waals surface area (Å²) in [6.07, 6.45) is 0. The predicted molar refractivity (Wildman–Crippen MR) is 218 cm³/mol. The molecule has 0 aromatic heterocycles. The fraction of sp³-hybridized carbons (Fsp3) is 0.0400. The zero-order valence-electron chi connectivity index (χ0n) is 29.0. The van der Waals surface area contributed by atoms with Crippen molar-refractivity contribution in [3.05, 3.63) is 211 Å². The number of rotatable bonds is 8. The largest absolute Gasteiger partial charge is 0.311 e. The van der Waals surface area contributed by atoms with Gasteiger partial charge in [-0.25, -0.2) is 0 Å². The van der Waals surface area contributed by atoms with Gasteiger partial charge in [-0.3, -0.25) is 0 Å². The van der Waals surface area contributed by atoms with Crippen molar-refractivity contribution in [1.82, 2.24) is 0 Å². The van der Waals surface area contributed by atoms with Crippen LogP contribution in [-0.4, -0.2) is 0 Å². The minimum Gasteiger partial charge on any atom is -0.311 e. The molecule has 0 aliphatic carbocycles. The van der Waals surface area contributed by atoms with Crippen LogP contribution in [0.3, 0.4) is 0 Å². The summed E-state index contributed by atoms with van der Waals surface area (Å²) in [7, 11) is 0. The van der Waals surface area contributed by atoms with Gasteiger partial charge in [-0.2, -0.15) is 0 Å². The fourth-order valence-electron chi connectivity index (χ4n) is 6.80. The predicted octanol–water partition coefficient (Wildman–Crippen LogP) is 14.1. The minimum atomic E-state index is 1.10. The molecular formula is C50H39N. The van der Waals surface area contributed by atoms with Crippen molar-refractivity contribution < 1.29 is 0 Å². The van der Waals surface area contributed by atoms with Crippen molar-refractivity contribution in [3.8, 4) is 55.6 Å². The van der Waals surface area contributed by atoms with Gasteiger partial charge in [0.05, 0.1) is 0 Å². The van der Waals surface area contributed by atoms with E-state index in [0.717, 1.165) is 17.1 Å². The Morgan fingerprint density at radius 1 is 0.255 bits per heavy atom. The molecule has 0 radical (unpaired) electrons. The van der Waals surface area contributed by atoms with Crippen LogP contribution in [0.2, 0.25) is 0 Å². The summed E-state index contributed by atoms with van der Waals surface area (Å²) >= 11 is 0. The van der Waals surface area contributed by atoms with E-state index in [9.17, 15) is 0 Å². The molecule has 51 heavy (non-hydrogen) atoms. The van der Waals surface area contributed by atoms with Gasteiger partial charge in [-0.05, 0) is 112 Å². The quantitative estimate of drug-likeness (QED) is 0.158. The van der Waals surface area contributed by atoms with Gasteiger partial charge in [0.1, 0.15) is 0 Å². The van der Waals surface area contributed by atoms with E-state index in [2.05, 4.69) is 219 Å². The topological polar surface area (TPSA) is 3.24 Å².